The van der Waals surface area contributed by atoms with E-state index in [4.69, 9.17) is 11.6 Å². The summed E-state index contributed by atoms with van der Waals surface area (Å²) in [5.74, 6) is 0.442. The van der Waals surface area contributed by atoms with Crippen molar-refractivity contribution in [3.05, 3.63) is 34.6 Å². The number of piperidine rings is 1. The van der Waals surface area contributed by atoms with Gasteiger partial charge in [-0.3, -0.25) is 4.90 Å². The molecular formula is C16H24ClFN2. The van der Waals surface area contributed by atoms with E-state index in [2.05, 4.69) is 24.1 Å². The van der Waals surface area contributed by atoms with Crippen LogP contribution in [0.1, 0.15) is 32.3 Å². The van der Waals surface area contributed by atoms with E-state index >= 15 is 0 Å². The molecule has 1 aromatic rings. The lowest BCUT2D eigenvalue weighted by molar-refractivity contribution is 0.164. The smallest absolute Gasteiger partial charge is 0.125 e. The van der Waals surface area contributed by atoms with Gasteiger partial charge in [0.2, 0.25) is 0 Å². The highest BCUT2D eigenvalue weighted by Crippen LogP contribution is 2.20. The number of nitrogens with one attached hydrogen (secondary N) is 1. The van der Waals surface area contributed by atoms with E-state index in [9.17, 15) is 4.39 Å². The van der Waals surface area contributed by atoms with E-state index in [-0.39, 0.29) is 5.82 Å². The zero-order chi connectivity index (χ0) is 14.5. The third kappa shape index (κ3) is 5.04. The highest BCUT2D eigenvalue weighted by Gasteiger charge is 2.20. The monoisotopic (exact) mass is 298 g/mol. The van der Waals surface area contributed by atoms with Gasteiger partial charge in [-0.15, -0.1) is 0 Å². The van der Waals surface area contributed by atoms with Gasteiger partial charge in [-0.1, -0.05) is 25.4 Å². The van der Waals surface area contributed by atoms with Crippen LogP contribution < -0.4 is 5.32 Å². The van der Waals surface area contributed by atoms with Crippen molar-refractivity contribution in [1.29, 1.82) is 0 Å². The molecule has 112 valence electrons. The molecule has 0 aromatic heterocycles. The number of benzene rings is 1. The summed E-state index contributed by atoms with van der Waals surface area (Å²) < 4.78 is 13.4. The Morgan fingerprint density at radius 3 is 2.90 bits per heavy atom. The molecule has 0 spiro atoms. The van der Waals surface area contributed by atoms with Crippen LogP contribution in [0.3, 0.4) is 0 Å². The fourth-order valence-corrected chi connectivity index (χ4v) is 3.07. The third-order valence-electron chi connectivity index (χ3n) is 3.75. The first-order chi connectivity index (χ1) is 9.52. The molecule has 20 heavy (non-hydrogen) atoms. The van der Waals surface area contributed by atoms with Gasteiger partial charge >= 0.3 is 0 Å². The molecule has 0 saturated carbocycles. The van der Waals surface area contributed by atoms with Crippen molar-refractivity contribution < 1.29 is 4.39 Å². The Balaban J connectivity index is 1.89. The van der Waals surface area contributed by atoms with Crippen molar-refractivity contribution >= 4 is 11.6 Å². The Morgan fingerprint density at radius 2 is 2.20 bits per heavy atom. The Labute approximate surface area is 126 Å². The molecule has 1 unspecified atom stereocenters. The second kappa shape index (κ2) is 7.39. The van der Waals surface area contributed by atoms with Gasteiger partial charge in [0.25, 0.3) is 0 Å². The first-order valence-corrected chi connectivity index (χ1v) is 7.81. The first kappa shape index (κ1) is 15.7. The van der Waals surface area contributed by atoms with E-state index in [1.165, 1.54) is 18.9 Å². The maximum absolute atomic E-state index is 13.4. The van der Waals surface area contributed by atoms with Crippen LogP contribution in [0, 0.1) is 11.7 Å². The number of hydrogen-bond acceptors (Lipinski definition) is 2. The molecule has 4 heteroatoms. The molecule has 2 nitrogen and oxygen atoms in total. The summed E-state index contributed by atoms with van der Waals surface area (Å²) in [5, 5.41) is 3.99. The third-order valence-corrected chi connectivity index (χ3v) is 3.96. The molecule has 1 aromatic carbocycles. The topological polar surface area (TPSA) is 15.3 Å². The Bertz CT molecular complexity index is 416. The zero-order valence-electron chi connectivity index (χ0n) is 12.3. The number of halogens is 2. The highest BCUT2D eigenvalue weighted by atomic mass is 35.5. The lowest BCUT2D eigenvalue weighted by Crippen LogP contribution is -2.40. The van der Waals surface area contributed by atoms with Crippen LogP contribution in [-0.4, -0.2) is 30.6 Å². The van der Waals surface area contributed by atoms with Gasteiger partial charge < -0.3 is 5.32 Å². The summed E-state index contributed by atoms with van der Waals surface area (Å²) in [7, 11) is 0. The van der Waals surface area contributed by atoms with E-state index in [1.54, 1.807) is 6.07 Å². The van der Waals surface area contributed by atoms with Crippen molar-refractivity contribution in [2.24, 2.45) is 5.92 Å². The van der Waals surface area contributed by atoms with Crippen molar-refractivity contribution in [2.75, 3.05) is 19.6 Å². The molecule has 1 fully saturated rings. The van der Waals surface area contributed by atoms with Gasteiger partial charge in [0.05, 0.1) is 0 Å². The van der Waals surface area contributed by atoms with Gasteiger partial charge in [-0.25, -0.2) is 4.39 Å². The van der Waals surface area contributed by atoms with Gasteiger partial charge in [0.15, 0.2) is 0 Å². The molecule has 1 aliphatic heterocycles. The van der Waals surface area contributed by atoms with E-state index in [0.29, 0.717) is 17.0 Å². The van der Waals surface area contributed by atoms with E-state index in [1.807, 2.05) is 6.07 Å². The summed E-state index contributed by atoms with van der Waals surface area (Å²) >= 11 is 5.91. The van der Waals surface area contributed by atoms with Crippen LogP contribution in [0.5, 0.6) is 0 Å². The Morgan fingerprint density at radius 1 is 1.40 bits per heavy atom. The molecule has 0 aliphatic carbocycles. The predicted octanol–water partition coefficient (Wildman–Crippen LogP) is 3.69. The van der Waals surface area contributed by atoms with Crippen LogP contribution in [0.15, 0.2) is 18.2 Å². The normalized spacial score (nSPS) is 20.6. The van der Waals surface area contributed by atoms with Crippen molar-refractivity contribution in [1.82, 2.24) is 10.2 Å². The van der Waals surface area contributed by atoms with Crippen LogP contribution in [0.2, 0.25) is 5.02 Å². The van der Waals surface area contributed by atoms with Gasteiger partial charge in [0, 0.05) is 24.2 Å². The molecule has 2 rings (SSSR count). The molecular weight excluding hydrogens is 275 g/mol. The highest BCUT2D eigenvalue weighted by molar-refractivity contribution is 6.30. The SMILES string of the molecule is CC(C)NCC1CCCN(Cc2cc(F)cc(Cl)c2)C1. The van der Waals surface area contributed by atoms with Gasteiger partial charge in [0.1, 0.15) is 5.82 Å². The second-order valence-electron chi connectivity index (χ2n) is 6.08. The summed E-state index contributed by atoms with van der Waals surface area (Å²) in [5.41, 5.74) is 0.965. The van der Waals surface area contributed by atoms with E-state index in [0.717, 1.165) is 31.7 Å². The fourth-order valence-electron chi connectivity index (χ4n) is 2.82. The molecule has 0 amide bonds. The average Bonchev–Trinajstić information content (AvgIpc) is 2.35. The Kier molecular flexibility index (Phi) is 5.82. The molecule has 0 radical (unpaired) electrons. The minimum absolute atomic E-state index is 0.248. The summed E-state index contributed by atoms with van der Waals surface area (Å²) in [6.07, 6.45) is 2.49. The summed E-state index contributed by atoms with van der Waals surface area (Å²) in [6.45, 7) is 8.37. The maximum atomic E-state index is 13.4. The number of rotatable bonds is 5. The maximum Gasteiger partial charge on any atom is 0.125 e. The predicted molar refractivity (Wildman–Crippen MR) is 82.5 cm³/mol. The number of nitrogens with zero attached hydrogens (tertiary/aromatic N) is 1. The quantitative estimate of drug-likeness (QED) is 0.892. The van der Waals surface area contributed by atoms with Crippen molar-refractivity contribution in [3.8, 4) is 0 Å². The first-order valence-electron chi connectivity index (χ1n) is 7.43. The Hall–Kier alpha value is -0.640. The lowest BCUT2D eigenvalue weighted by Gasteiger charge is -2.33. The van der Waals surface area contributed by atoms with Crippen LogP contribution >= 0.6 is 11.6 Å². The minimum atomic E-state index is -0.248. The van der Waals surface area contributed by atoms with Crippen LogP contribution in [0.25, 0.3) is 0 Å². The van der Waals surface area contributed by atoms with Gasteiger partial charge in [-0.05, 0) is 55.6 Å². The fraction of sp³-hybridized carbons (Fsp3) is 0.625. The second-order valence-corrected chi connectivity index (χ2v) is 6.52. The zero-order valence-corrected chi connectivity index (χ0v) is 13.1. The van der Waals surface area contributed by atoms with Crippen LogP contribution in [-0.2, 0) is 6.54 Å². The molecule has 1 atom stereocenters. The molecule has 0 bridgehead atoms. The summed E-state index contributed by atoms with van der Waals surface area (Å²) in [6, 6.07) is 5.34. The van der Waals surface area contributed by atoms with Crippen molar-refractivity contribution in [3.63, 3.8) is 0 Å². The standard InChI is InChI=1S/C16H24ClFN2/c1-12(2)19-9-13-4-3-5-20(10-13)11-14-6-15(17)8-16(18)7-14/h6-8,12-13,19H,3-5,9-11H2,1-2H3. The number of likely N-dealkylation sites (tertiary alicyclic amines) is 1. The van der Waals surface area contributed by atoms with Crippen LogP contribution in [0.4, 0.5) is 4.39 Å². The lowest BCUT2D eigenvalue weighted by atomic mass is 9.97. The van der Waals surface area contributed by atoms with Crippen molar-refractivity contribution in [2.45, 2.75) is 39.3 Å². The van der Waals surface area contributed by atoms with Gasteiger partial charge in [-0.2, -0.15) is 0 Å². The summed E-state index contributed by atoms with van der Waals surface area (Å²) in [4.78, 5) is 2.40. The average molecular weight is 299 g/mol. The molecule has 1 aliphatic rings. The minimum Gasteiger partial charge on any atom is -0.314 e. The number of hydrogen-bond donors (Lipinski definition) is 1. The molecule has 1 saturated heterocycles. The van der Waals surface area contributed by atoms with E-state index < -0.39 is 0 Å². The molecule has 1 heterocycles. The molecule has 1 N–H and O–H groups in total. The largest absolute Gasteiger partial charge is 0.314 e.